The molecule has 1 saturated heterocycles. The van der Waals surface area contributed by atoms with Gasteiger partial charge in [-0.15, -0.1) is 0 Å². The molecule has 55 heavy (non-hydrogen) atoms. The van der Waals surface area contributed by atoms with Crippen molar-refractivity contribution in [2.45, 2.75) is 139 Å². The van der Waals surface area contributed by atoms with E-state index in [0.29, 0.717) is 54.6 Å². The molecule has 298 valence electrons. The predicted octanol–water partition coefficient (Wildman–Crippen LogP) is 4.43. The van der Waals surface area contributed by atoms with E-state index in [-0.39, 0.29) is 43.7 Å². The van der Waals surface area contributed by atoms with Gasteiger partial charge in [0.2, 0.25) is 27.7 Å². The number of sulfonamides is 1. The lowest BCUT2D eigenvalue weighted by Gasteiger charge is -2.29. The highest BCUT2D eigenvalue weighted by Crippen LogP contribution is 2.47. The fraction of sp³-hybridized carbons (Fsp3) is 0.650. The summed E-state index contributed by atoms with van der Waals surface area (Å²) in [5.41, 5.74) is 0.340. The summed E-state index contributed by atoms with van der Waals surface area (Å²) in [4.78, 5) is 67.2. The molecule has 3 amide bonds. The van der Waals surface area contributed by atoms with Crippen molar-refractivity contribution in [1.82, 2.24) is 24.9 Å². The van der Waals surface area contributed by atoms with Gasteiger partial charge in [-0.05, 0) is 89.7 Å². The van der Waals surface area contributed by atoms with Crippen LogP contribution in [0.5, 0.6) is 11.6 Å². The first-order valence-electron chi connectivity index (χ1n) is 19.9. The van der Waals surface area contributed by atoms with Crippen molar-refractivity contribution in [3.63, 3.8) is 0 Å². The van der Waals surface area contributed by atoms with Crippen LogP contribution in [-0.2, 0) is 40.4 Å². The summed E-state index contributed by atoms with van der Waals surface area (Å²) >= 11 is 0. The van der Waals surface area contributed by atoms with Gasteiger partial charge in [0, 0.05) is 24.3 Å². The van der Waals surface area contributed by atoms with Gasteiger partial charge in [0.25, 0.3) is 5.91 Å². The second-order valence-electron chi connectivity index (χ2n) is 16.2. The number of nitrogens with one attached hydrogen (secondary N) is 2. The van der Waals surface area contributed by atoms with Gasteiger partial charge in [0.1, 0.15) is 35.2 Å². The molecule has 3 heterocycles. The first kappa shape index (κ1) is 39.0. The Labute approximate surface area is 322 Å². The molecule has 2 aromatic rings. The van der Waals surface area contributed by atoms with Crippen molar-refractivity contribution in [2.24, 2.45) is 11.8 Å². The molecule has 4 fully saturated rings. The number of aryl methyl sites for hydroxylation is 1. The lowest BCUT2D eigenvalue weighted by Crippen LogP contribution is -2.57. The molecular weight excluding hydrogens is 727 g/mol. The fourth-order valence-electron chi connectivity index (χ4n) is 8.18. The summed E-state index contributed by atoms with van der Waals surface area (Å²) in [6, 6.07) is 4.31. The highest BCUT2D eigenvalue weighted by atomic mass is 32.2. The van der Waals surface area contributed by atoms with Crippen LogP contribution in [0.3, 0.4) is 0 Å². The maximum atomic E-state index is 14.6. The van der Waals surface area contributed by atoms with Crippen molar-refractivity contribution >= 4 is 44.7 Å². The number of hydrogen-bond donors (Lipinski definition) is 2. The van der Waals surface area contributed by atoms with E-state index in [1.807, 2.05) is 25.1 Å². The Morgan fingerprint density at radius 3 is 2.51 bits per heavy atom. The fourth-order valence-corrected chi connectivity index (χ4v) is 9.50. The molecule has 1 aromatic carbocycles. The van der Waals surface area contributed by atoms with Crippen LogP contribution in [0.15, 0.2) is 30.4 Å². The Hall–Kier alpha value is -4.27. The zero-order valence-electron chi connectivity index (χ0n) is 32.0. The van der Waals surface area contributed by atoms with E-state index in [1.165, 1.54) is 4.90 Å². The number of carbonyl (C=O) groups excluding carboxylic acids is 4. The SMILES string of the molecule is CCc1nc2ccc(OC)cc2nc1O[C@@H]1C[C@H]2C(=O)N[C@]3(C(=O)NS(=O)(=O)C4(C)CC4)C[C@H]3/C=C\CCCCC[C@H](CC(=O)OC3CCCC3)C(=O)N2C1. The summed E-state index contributed by atoms with van der Waals surface area (Å²) in [5.74, 6) is -2.41. The van der Waals surface area contributed by atoms with E-state index in [1.54, 1.807) is 26.2 Å². The van der Waals surface area contributed by atoms with Gasteiger partial charge in [-0.25, -0.2) is 18.4 Å². The van der Waals surface area contributed by atoms with Crippen LogP contribution in [0.4, 0.5) is 0 Å². The maximum absolute atomic E-state index is 14.6. The van der Waals surface area contributed by atoms with E-state index >= 15 is 0 Å². The zero-order chi connectivity index (χ0) is 39.0. The van der Waals surface area contributed by atoms with Gasteiger partial charge >= 0.3 is 5.97 Å². The summed E-state index contributed by atoms with van der Waals surface area (Å²) in [7, 11) is -2.41. The normalized spacial score (nSPS) is 28.9. The highest BCUT2D eigenvalue weighted by molar-refractivity contribution is 7.91. The summed E-state index contributed by atoms with van der Waals surface area (Å²) in [5, 5.41) is 2.92. The van der Waals surface area contributed by atoms with Gasteiger partial charge in [-0.3, -0.25) is 23.9 Å². The van der Waals surface area contributed by atoms with Crippen LogP contribution >= 0.6 is 0 Å². The Morgan fingerprint density at radius 2 is 1.78 bits per heavy atom. The number of benzene rings is 1. The standard InChI is InChI=1S/C40H53N5O9S/c1-4-30-36(42-32-21-28(52-3)16-17-31(32)41-30)54-29-22-33-35(47)43-40(38(49)44-55(50,51)39(2)18-19-39)23-26(40)13-9-7-5-6-8-12-25(37(48)45(33)24-29)20-34(46)53-27-14-10-11-15-27/h9,13,16-17,21,25-27,29,33H,4-8,10-12,14-15,18-20,22-24H2,1-3H3,(H,43,47)(H,44,49)/b13-9-/t25-,26-,29-,33+,40-/m1/s1. The lowest BCUT2D eigenvalue weighted by molar-refractivity contribution is -0.154. The molecule has 0 spiro atoms. The number of allylic oxidation sites excluding steroid dienone is 1. The minimum atomic E-state index is -3.98. The van der Waals surface area contributed by atoms with Crippen LogP contribution in [-0.4, -0.2) is 89.2 Å². The number of esters is 1. The van der Waals surface area contributed by atoms with Crippen molar-refractivity contribution < 1.29 is 41.8 Å². The number of carbonyl (C=O) groups is 4. The quantitative estimate of drug-likeness (QED) is 0.257. The van der Waals surface area contributed by atoms with E-state index in [0.717, 1.165) is 44.9 Å². The number of ether oxygens (including phenoxy) is 3. The summed E-state index contributed by atoms with van der Waals surface area (Å²) in [6.07, 6.45) is 11.8. The van der Waals surface area contributed by atoms with E-state index in [9.17, 15) is 27.6 Å². The van der Waals surface area contributed by atoms with Crippen LogP contribution in [0.25, 0.3) is 11.0 Å². The number of aromatic nitrogens is 2. The number of methoxy groups -OCH3 is 1. The van der Waals surface area contributed by atoms with Gasteiger partial charge in [-0.2, -0.15) is 0 Å². The first-order chi connectivity index (χ1) is 26.3. The molecule has 14 nitrogen and oxygen atoms in total. The number of rotatable bonds is 10. The van der Waals surface area contributed by atoms with Crippen molar-refractivity contribution in [1.29, 1.82) is 0 Å². The van der Waals surface area contributed by atoms with E-state index in [4.69, 9.17) is 24.2 Å². The molecule has 2 aliphatic heterocycles. The second-order valence-corrected chi connectivity index (χ2v) is 18.4. The molecule has 5 atom stereocenters. The zero-order valence-corrected chi connectivity index (χ0v) is 32.8. The van der Waals surface area contributed by atoms with Crippen LogP contribution in [0.2, 0.25) is 0 Å². The monoisotopic (exact) mass is 779 g/mol. The topological polar surface area (TPSA) is 183 Å². The van der Waals surface area contributed by atoms with Crippen LogP contribution in [0, 0.1) is 11.8 Å². The Kier molecular flexibility index (Phi) is 11.1. The third-order valence-electron chi connectivity index (χ3n) is 12.1. The largest absolute Gasteiger partial charge is 0.497 e. The van der Waals surface area contributed by atoms with Gasteiger partial charge in [0.15, 0.2) is 0 Å². The molecule has 0 radical (unpaired) electrons. The Bertz CT molecular complexity index is 1960. The summed E-state index contributed by atoms with van der Waals surface area (Å²) in [6.45, 7) is 3.56. The second kappa shape index (κ2) is 15.7. The van der Waals surface area contributed by atoms with Crippen molar-refractivity contribution in [3.05, 3.63) is 36.0 Å². The van der Waals surface area contributed by atoms with Crippen LogP contribution < -0.4 is 19.5 Å². The Balaban J connectivity index is 1.18. The van der Waals surface area contributed by atoms with Crippen molar-refractivity contribution in [2.75, 3.05) is 13.7 Å². The van der Waals surface area contributed by atoms with Crippen molar-refractivity contribution in [3.8, 4) is 11.6 Å². The smallest absolute Gasteiger partial charge is 0.306 e. The maximum Gasteiger partial charge on any atom is 0.306 e. The number of amides is 3. The molecule has 1 aromatic heterocycles. The first-order valence-corrected chi connectivity index (χ1v) is 21.4. The number of hydrogen-bond acceptors (Lipinski definition) is 11. The molecule has 2 N–H and O–H groups in total. The number of nitrogens with zero attached hydrogens (tertiary/aromatic N) is 3. The molecule has 5 aliphatic rings. The predicted molar refractivity (Wildman–Crippen MR) is 202 cm³/mol. The molecule has 3 saturated carbocycles. The molecule has 15 heteroatoms. The number of fused-ring (bicyclic) bond motifs is 3. The molecule has 0 bridgehead atoms. The van der Waals surface area contributed by atoms with Gasteiger partial charge in [0.05, 0.1) is 35.9 Å². The lowest BCUT2D eigenvalue weighted by atomic mass is 9.95. The highest BCUT2D eigenvalue weighted by Gasteiger charge is 2.63. The van der Waals surface area contributed by atoms with E-state index < -0.39 is 62.1 Å². The van der Waals surface area contributed by atoms with E-state index in [2.05, 4.69) is 10.0 Å². The van der Waals surface area contributed by atoms with Gasteiger partial charge in [-0.1, -0.05) is 31.9 Å². The third-order valence-corrected chi connectivity index (χ3v) is 14.3. The summed E-state index contributed by atoms with van der Waals surface area (Å²) < 4.78 is 45.3. The third kappa shape index (κ3) is 8.31. The average molecular weight is 780 g/mol. The van der Waals surface area contributed by atoms with Crippen LogP contribution in [0.1, 0.15) is 109 Å². The molecule has 7 rings (SSSR count). The molecule has 0 unspecified atom stereocenters. The minimum Gasteiger partial charge on any atom is -0.497 e. The average Bonchev–Trinajstić information content (AvgIpc) is 3.93. The molecule has 3 aliphatic carbocycles. The Morgan fingerprint density at radius 1 is 1.02 bits per heavy atom. The van der Waals surface area contributed by atoms with Gasteiger partial charge < -0.3 is 24.4 Å². The molecular formula is C40H53N5O9S. The minimum absolute atomic E-state index is 0.0291.